The van der Waals surface area contributed by atoms with E-state index in [1.54, 1.807) is 6.20 Å². The number of nitrogens with one attached hydrogen (secondary N) is 2. The Balaban J connectivity index is 2.68. The number of aromatic nitrogens is 2. The van der Waals surface area contributed by atoms with Crippen molar-refractivity contribution in [3.05, 3.63) is 12.3 Å². The standard InChI is InChI=1S/C13H25N5/c1-10(2)8-11(9-18(4)5)16-12-6-7-15-13(14-3)17-12/h6-7,10-11H,8-9H2,1-5H3,(H2,14,15,16,17). The van der Waals surface area contributed by atoms with Crippen LogP contribution >= 0.6 is 0 Å². The van der Waals surface area contributed by atoms with Crippen LogP contribution in [-0.2, 0) is 0 Å². The van der Waals surface area contributed by atoms with Crippen molar-refractivity contribution >= 4 is 11.8 Å². The van der Waals surface area contributed by atoms with Crippen LogP contribution in [0.25, 0.3) is 0 Å². The first-order valence-corrected chi connectivity index (χ1v) is 6.43. The van der Waals surface area contributed by atoms with Gasteiger partial charge in [0.15, 0.2) is 0 Å². The van der Waals surface area contributed by atoms with E-state index in [4.69, 9.17) is 0 Å². The summed E-state index contributed by atoms with van der Waals surface area (Å²) in [5.74, 6) is 2.18. The summed E-state index contributed by atoms with van der Waals surface area (Å²) in [6.07, 6.45) is 2.89. The maximum Gasteiger partial charge on any atom is 0.224 e. The van der Waals surface area contributed by atoms with Crippen LogP contribution in [0.4, 0.5) is 11.8 Å². The van der Waals surface area contributed by atoms with Gasteiger partial charge >= 0.3 is 0 Å². The van der Waals surface area contributed by atoms with E-state index in [2.05, 4.69) is 53.4 Å². The lowest BCUT2D eigenvalue weighted by Crippen LogP contribution is -2.33. The van der Waals surface area contributed by atoms with Gasteiger partial charge in [-0.3, -0.25) is 0 Å². The minimum atomic E-state index is 0.402. The van der Waals surface area contributed by atoms with Crippen LogP contribution in [0.15, 0.2) is 12.3 Å². The van der Waals surface area contributed by atoms with E-state index in [0.717, 1.165) is 18.8 Å². The lowest BCUT2D eigenvalue weighted by molar-refractivity contribution is 0.356. The topological polar surface area (TPSA) is 53.1 Å². The predicted octanol–water partition coefficient (Wildman–Crippen LogP) is 1.91. The fraction of sp³-hybridized carbons (Fsp3) is 0.692. The Hall–Kier alpha value is -1.36. The van der Waals surface area contributed by atoms with Crippen molar-refractivity contribution in [3.8, 4) is 0 Å². The molecule has 1 aromatic rings. The average molecular weight is 251 g/mol. The summed E-state index contributed by atoms with van der Waals surface area (Å²) < 4.78 is 0. The molecule has 5 nitrogen and oxygen atoms in total. The second-order valence-electron chi connectivity index (χ2n) is 5.25. The van der Waals surface area contributed by atoms with Crippen molar-refractivity contribution < 1.29 is 0 Å². The highest BCUT2D eigenvalue weighted by molar-refractivity contribution is 5.40. The van der Waals surface area contributed by atoms with E-state index in [9.17, 15) is 0 Å². The van der Waals surface area contributed by atoms with Crippen LogP contribution in [-0.4, -0.2) is 48.6 Å². The maximum absolute atomic E-state index is 4.39. The van der Waals surface area contributed by atoms with Crippen molar-refractivity contribution in [3.63, 3.8) is 0 Å². The van der Waals surface area contributed by atoms with Gasteiger partial charge in [0.1, 0.15) is 5.82 Å². The van der Waals surface area contributed by atoms with Gasteiger partial charge in [-0.05, 0) is 32.5 Å². The highest BCUT2D eigenvalue weighted by Crippen LogP contribution is 2.12. The molecular weight excluding hydrogens is 226 g/mol. The normalized spacial score (nSPS) is 12.8. The van der Waals surface area contributed by atoms with E-state index in [1.807, 2.05) is 13.1 Å². The van der Waals surface area contributed by atoms with E-state index in [1.165, 1.54) is 0 Å². The second-order valence-corrected chi connectivity index (χ2v) is 5.25. The molecule has 102 valence electrons. The fourth-order valence-electron chi connectivity index (χ4n) is 1.96. The largest absolute Gasteiger partial charge is 0.366 e. The lowest BCUT2D eigenvalue weighted by Gasteiger charge is -2.24. The number of hydrogen-bond donors (Lipinski definition) is 2. The number of nitrogens with zero attached hydrogens (tertiary/aromatic N) is 3. The zero-order valence-electron chi connectivity index (χ0n) is 12.1. The van der Waals surface area contributed by atoms with Crippen LogP contribution < -0.4 is 10.6 Å². The van der Waals surface area contributed by atoms with Crippen LogP contribution in [0.2, 0.25) is 0 Å². The third kappa shape index (κ3) is 5.31. The molecule has 5 heteroatoms. The predicted molar refractivity (Wildman–Crippen MR) is 77.0 cm³/mol. The van der Waals surface area contributed by atoms with Crippen LogP contribution in [0, 0.1) is 5.92 Å². The molecule has 0 aromatic carbocycles. The quantitative estimate of drug-likeness (QED) is 0.775. The Kier molecular flexibility index (Phi) is 5.85. The van der Waals surface area contributed by atoms with Gasteiger partial charge in [-0.1, -0.05) is 13.8 Å². The number of hydrogen-bond acceptors (Lipinski definition) is 5. The number of anilines is 2. The van der Waals surface area contributed by atoms with Gasteiger partial charge in [0.05, 0.1) is 0 Å². The van der Waals surface area contributed by atoms with E-state index >= 15 is 0 Å². The van der Waals surface area contributed by atoms with Crippen molar-refractivity contribution in [1.82, 2.24) is 14.9 Å². The summed E-state index contributed by atoms with van der Waals surface area (Å²) in [5.41, 5.74) is 0. The molecule has 0 aliphatic heterocycles. The first-order chi connectivity index (χ1) is 8.51. The van der Waals surface area contributed by atoms with Gasteiger partial charge in [0.2, 0.25) is 5.95 Å². The summed E-state index contributed by atoms with van der Waals surface area (Å²) in [6.45, 7) is 5.48. The molecule has 0 aliphatic carbocycles. The molecule has 0 spiro atoms. The minimum Gasteiger partial charge on any atom is -0.366 e. The molecule has 1 aromatic heterocycles. The van der Waals surface area contributed by atoms with Gasteiger partial charge in [-0.25, -0.2) is 4.98 Å². The van der Waals surface area contributed by atoms with Gasteiger partial charge in [0.25, 0.3) is 0 Å². The Morgan fingerprint density at radius 2 is 2.06 bits per heavy atom. The van der Waals surface area contributed by atoms with Crippen LogP contribution in [0.3, 0.4) is 0 Å². The molecule has 1 unspecified atom stereocenters. The second kappa shape index (κ2) is 7.16. The van der Waals surface area contributed by atoms with E-state index in [0.29, 0.717) is 17.9 Å². The average Bonchev–Trinajstić information content (AvgIpc) is 2.27. The van der Waals surface area contributed by atoms with E-state index < -0.39 is 0 Å². The van der Waals surface area contributed by atoms with Crippen molar-refractivity contribution in [2.45, 2.75) is 26.3 Å². The molecule has 1 rings (SSSR count). The summed E-state index contributed by atoms with van der Waals surface area (Å²) in [6, 6.07) is 2.31. The zero-order chi connectivity index (χ0) is 13.5. The molecule has 2 N–H and O–H groups in total. The number of likely N-dealkylation sites (N-methyl/N-ethyl adjacent to an activating group) is 1. The summed E-state index contributed by atoms with van der Waals surface area (Å²) >= 11 is 0. The van der Waals surface area contributed by atoms with Crippen LogP contribution in [0.1, 0.15) is 20.3 Å². The SMILES string of the molecule is CNc1nccc(NC(CC(C)C)CN(C)C)n1. The highest BCUT2D eigenvalue weighted by atomic mass is 15.2. The van der Waals surface area contributed by atoms with Gasteiger partial charge in [0, 0.05) is 25.8 Å². The summed E-state index contributed by atoms with van der Waals surface area (Å²) in [7, 11) is 6.01. The van der Waals surface area contributed by atoms with Gasteiger partial charge in [-0.15, -0.1) is 0 Å². The molecule has 0 fully saturated rings. The highest BCUT2D eigenvalue weighted by Gasteiger charge is 2.12. The van der Waals surface area contributed by atoms with E-state index in [-0.39, 0.29) is 0 Å². The number of rotatable bonds is 7. The molecule has 0 bridgehead atoms. The Labute approximate surface area is 110 Å². The first kappa shape index (κ1) is 14.7. The Bertz CT molecular complexity index is 341. The first-order valence-electron chi connectivity index (χ1n) is 6.43. The van der Waals surface area contributed by atoms with Crippen molar-refractivity contribution in [2.24, 2.45) is 5.92 Å². The molecular formula is C13H25N5. The fourth-order valence-corrected chi connectivity index (χ4v) is 1.96. The maximum atomic E-state index is 4.39. The molecule has 18 heavy (non-hydrogen) atoms. The monoisotopic (exact) mass is 251 g/mol. The van der Waals surface area contributed by atoms with Crippen molar-refractivity contribution in [1.29, 1.82) is 0 Å². The summed E-state index contributed by atoms with van der Waals surface area (Å²) in [5, 5.41) is 6.43. The summed E-state index contributed by atoms with van der Waals surface area (Å²) in [4.78, 5) is 10.7. The zero-order valence-corrected chi connectivity index (χ0v) is 12.1. The molecule has 0 amide bonds. The Morgan fingerprint density at radius 1 is 1.33 bits per heavy atom. The molecule has 0 aliphatic rings. The molecule has 1 atom stereocenters. The molecule has 0 saturated carbocycles. The lowest BCUT2D eigenvalue weighted by atomic mass is 10.0. The Morgan fingerprint density at radius 3 is 2.61 bits per heavy atom. The molecule has 0 saturated heterocycles. The van der Waals surface area contributed by atoms with Gasteiger partial charge < -0.3 is 15.5 Å². The molecule has 0 radical (unpaired) electrons. The third-order valence-corrected chi connectivity index (χ3v) is 2.57. The van der Waals surface area contributed by atoms with Crippen LogP contribution in [0.5, 0.6) is 0 Å². The third-order valence-electron chi connectivity index (χ3n) is 2.57. The smallest absolute Gasteiger partial charge is 0.224 e. The minimum absolute atomic E-state index is 0.402. The van der Waals surface area contributed by atoms with Crippen molar-refractivity contribution in [2.75, 3.05) is 38.3 Å². The van der Waals surface area contributed by atoms with Gasteiger partial charge in [-0.2, -0.15) is 4.98 Å². The molecule has 1 heterocycles.